The van der Waals surface area contributed by atoms with Crippen LogP contribution in [0.25, 0.3) is 0 Å². The summed E-state index contributed by atoms with van der Waals surface area (Å²) in [6.07, 6.45) is 1.03. The van der Waals surface area contributed by atoms with Crippen molar-refractivity contribution in [3.05, 3.63) is 82.0 Å². The van der Waals surface area contributed by atoms with Crippen molar-refractivity contribution in [2.45, 2.75) is 32.2 Å². The Kier molecular flexibility index (Phi) is 6.66. The Bertz CT molecular complexity index is 1110. The van der Waals surface area contributed by atoms with Crippen molar-refractivity contribution in [2.24, 2.45) is 0 Å². The van der Waals surface area contributed by atoms with Gasteiger partial charge < -0.3 is 15.5 Å². The highest BCUT2D eigenvalue weighted by Gasteiger charge is 2.27. The van der Waals surface area contributed by atoms with Gasteiger partial charge in [0.15, 0.2) is 0 Å². The third-order valence-electron chi connectivity index (χ3n) is 5.49. The summed E-state index contributed by atoms with van der Waals surface area (Å²) < 4.78 is 0. The van der Waals surface area contributed by atoms with Gasteiger partial charge in [0.2, 0.25) is 17.7 Å². The predicted octanol–water partition coefficient (Wildman–Crippen LogP) is 4.28. The predicted molar refractivity (Wildman–Crippen MR) is 127 cm³/mol. The summed E-state index contributed by atoms with van der Waals surface area (Å²) >= 11 is 1.58. The largest absolute Gasteiger partial charge is 0.344 e. The van der Waals surface area contributed by atoms with E-state index in [1.54, 1.807) is 29.5 Å². The van der Waals surface area contributed by atoms with E-state index >= 15 is 0 Å². The molecule has 2 N–H and O–H groups in total. The number of aryl methyl sites for hydroxylation is 1. The SMILES string of the molecule is CCc1ccc(C(NC(=O)CCC(=O)N2CC(=O)Nc3ccccc32)c2cccs2)cc1. The molecular weight excluding hydrogens is 422 g/mol. The van der Waals surface area contributed by atoms with Crippen LogP contribution < -0.4 is 15.5 Å². The van der Waals surface area contributed by atoms with E-state index in [1.165, 1.54) is 10.5 Å². The maximum absolute atomic E-state index is 12.8. The zero-order valence-corrected chi connectivity index (χ0v) is 18.7. The number of carbonyl (C=O) groups excluding carboxylic acids is 3. The van der Waals surface area contributed by atoms with Crippen molar-refractivity contribution in [1.82, 2.24) is 5.32 Å². The molecule has 3 amide bonds. The van der Waals surface area contributed by atoms with Crippen molar-refractivity contribution < 1.29 is 14.4 Å². The number of hydrogen-bond donors (Lipinski definition) is 2. The van der Waals surface area contributed by atoms with Gasteiger partial charge in [0, 0.05) is 17.7 Å². The minimum Gasteiger partial charge on any atom is -0.344 e. The summed E-state index contributed by atoms with van der Waals surface area (Å²) in [5.41, 5.74) is 3.51. The standard InChI is InChI=1S/C25H25N3O3S/c1-2-17-9-11-18(12-10-17)25(21-8-5-15-32-21)27-22(29)13-14-24(31)28-16-23(30)26-19-6-3-4-7-20(19)28/h3-12,15,25H,2,13-14,16H2,1H3,(H,26,30)(H,27,29). The van der Waals surface area contributed by atoms with Crippen LogP contribution in [0.2, 0.25) is 0 Å². The van der Waals surface area contributed by atoms with E-state index in [4.69, 9.17) is 0 Å². The fourth-order valence-electron chi connectivity index (χ4n) is 3.76. The number of anilines is 2. The Morgan fingerprint density at radius 3 is 2.56 bits per heavy atom. The second-order valence-corrected chi connectivity index (χ2v) is 8.64. The number of nitrogens with one attached hydrogen (secondary N) is 2. The molecule has 2 aromatic carbocycles. The Morgan fingerprint density at radius 2 is 1.84 bits per heavy atom. The highest BCUT2D eigenvalue weighted by atomic mass is 32.1. The van der Waals surface area contributed by atoms with Crippen LogP contribution in [0.1, 0.15) is 41.8 Å². The molecule has 3 aromatic rings. The molecule has 1 unspecified atom stereocenters. The molecule has 0 spiro atoms. The second-order valence-electron chi connectivity index (χ2n) is 7.66. The van der Waals surface area contributed by atoms with Gasteiger partial charge in [-0.05, 0) is 41.1 Å². The molecule has 32 heavy (non-hydrogen) atoms. The van der Waals surface area contributed by atoms with Crippen LogP contribution in [0.15, 0.2) is 66.0 Å². The average Bonchev–Trinajstić information content (AvgIpc) is 3.35. The van der Waals surface area contributed by atoms with Crippen molar-refractivity contribution >= 4 is 40.4 Å². The van der Waals surface area contributed by atoms with Crippen LogP contribution in [0, 0.1) is 0 Å². The molecule has 1 aliphatic rings. The van der Waals surface area contributed by atoms with Crippen molar-refractivity contribution in [1.29, 1.82) is 0 Å². The molecule has 2 heterocycles. The Labute approximate surface area is 191 Å². The number of para-hydroxylation sites is 2. The lowest BCUT2D eigenvalue weighted by Crippen LogP contribution is -2.42. The van der Waals surface area contributed by atoms with Gasteiger partial charge in [-0.1, -0.05) is 49.4 Å². The normalized spacial score (nSPS) is 13.8. The molecule has 0 aliphatic carbocycles. The molecule has 164 valence electrons. The number of thiophene rings is 1. The van der Waals surface area contributed by atoms with Gasteiger partial charge in [-0.3, -0.25) is 14.4 Å². The van der Waals surface area contributed by atoms with E-state index in [0.29, 0.717) is 11.4 Å². The summed E-state index contributed by atoms with van der Waals surface area (Å²) in [6, 6.07) is 19.1. The van der Waals surface area contributed by atoms with Gasteiger partial charge in [0.1, 0.15) is 6.54 Å². The first kappa shape index (κ1) is 21.8. The van der Waals surface area contributed by atoms with E-state index < -0.39 is 0 Å². The number of fused-ring (bicyclic) bond motifs is 1. The fraction of sp³-hybridized carbons (Fsp3) is 0.240. The highest BCUT2D eigenvalue weighted by molar-refractivity contribution is 7.10. The quantitative estimate of drug-likeness (QED) is 0.567. The lowest BCUT2D eigenvalue weighted by Gasteiger charge is -2.29. The van der Waals surface area contributed by atoms with Crippen LogP contribution in [-0.2, 0) is 20.8 Å². The summed E-state index contributed by atoms with van der Waals surface area (Å²) in [5.74, 6) is -0.691. The molecule has 0 bridgehead atoms. The summed E-state index contributed by atoms with van der Waals surface area (Å²) in [6.45, 7) is 2.06. The van der Waals surface area contributed by atoms with Crippen molar-refractivity contribution in [3.63, 3.8) is 0 Å². The number of rotatable bonds is 7. The minimum absolute atomic E-state index is 0.0272. The molecule has 6 nitrogen and oxygen atoms in total. The summed E-state index contributed by atoms with van der Waals surface area (Å²) in [7, 11) is 0. The Balaban J connectivity index is 1.43. The van der Waals surface area contributed by atoms with Gasteiger partial charge in [-0.25, -0.2) is 0 Å². The number of hydrogen-bond acceptors (Lipinski definition) is 4. The summed E-state index contributed by atoms with van der Waals surface area (Å²) in [4.78, 5) is 40.1. The van der Waals surface area contributed by atoms with E-state index in [-0.39, 0.29) is 43.1 Å². The van der Waals surface area contributed by atoms with Crippen molar-refractivity contribution in [3.8, 4) is 0 Å². The van der Waals surface area contributed by atoms with E-state index in [2.05, 4.69) is 29.7 Å². The highest BCUT2D eigenvalue weighted by Crippen LogP contribution is 2.30. The third-order valence-corrected chi connectivity index (χ3v) is 6.43. The smallest absolute Gasteiger partial charge is 0.244 e. The third kappa shape index (κ3) is 4.89. The zero-order chi connectivity index (χ0) is 22.5. The number of amides is 3. The van der Waals surface area contributed by atoms with Gasteiger partial charge in [-0.15, -0.1) is 11.3 Å². The molecule has 0 fully saturated rings. The van der Waals surface area contributed by atoms with Crippen LogP contribution in [0.5, 0.6) is 0 Å². The van der Waals surface area contributed by atoms with Gasteiger partial charge in [0.05, 0.1) is 17.4 Å². The van der Waals surface area contributed by atoms with Gasteiger partial charge >= 0.3 is 0 Å². The molecule has 1 atom stereocenters. The van der Waals surface area contributed by atoms with E-state index in [9.17, 15) is 14.4 Å². The lowest BCUT2D eigenvalue weighted by atomic mass is 10.0. The first-order chi connectivity index (χ1) is 15.5. The number of carbonyl (C=O) groups is 3. The molecule has 7 heteroatoms. The lowest BCUT2D eigenvalue weighted by molar-refractivity contribution is -0.126. The molecule has 0 saturated carbocycles. The van der Waals surface area contributed by atoms with E-state index in [0.717, 1.165) is 16.9 Å². The molecule has 1 aliphatic heterocycles. The topological polar surface area (TPSA) is 78.5 Å². The van der Waals surface area contributed by atoms with Crippen LogP contribution in [0.4, 0.5) is 11.4 Å². The van der Waals surface area contributed by atoms with Crippen molar-refractivity contribution in [2.75, 3.05) is 16.8 Å². The first-order valence-electron chi connectivity index (χ1n) is 10.7. The maximum Gasteiger partial charge on any atom is 0.244 e. The molecular formula is C25H25N3O3S. The van der Waals surface area contributed by atoms with Crippen LogP contribution in [-0.4, -0.2) is 24.3 Å². The monoisotopic (exact) mass is 447 g/mol. The minimum atomic E-state index is -0.259. The molecule has 0 saturated heterocycles. The molecule has 0 radical (unpaired) electrons. The maximum atomic E-state index is 12.8. The van der Waals surface area contributed by atoms with Crippen LogP contribution >= 0.6 is 11.3 Å². The van der Waals surface area contributed by atoms with Gasteiger partial charge in [-0.2, -0.15) is 0 Å². The van der Waals surface area contributed by atoms with Gasteiger partial charge in [0.25, 0.3) is 0 Å². The summed E-state index contributed by atoms with van der Waals surface area (Å²) in [5, 5.41) is 7.83. The first-order valence-corrected chi connectivity index (χ1v) is 11.5. The molecule has 1 aromatic heterocycles. The zero-order valence-electron chi connectivity index (χ0n) is 17.8. The number of nitrogens with zero attached hydrogens (tertiary/aromatic N) is 1. The second kappa shape index (κ2) is 9.78. The Hall–Kier alpha value is -3.45. The fourth-order valence-corrected chi connectivity index (χ4v) is 4.57. The Morgan fingerprint density at radius 1 is 1.06 bits per heavy atom. The van der Waals surface area contributed by atoms with E-state index in [1.807, 2.05) is 35.7 Å². The van der Waals surface area contributed by atoms with Crippen LogP contribution in [0.3, 0.4) is 0 Å². The molecule has 4 rings (SSSR count). The number of benzene rings is 2. The average molecular weight is 448 g/mol.